The van der Waals surface area contributed by atoms with Gasteiger partial charge in [-0.05, 0) is 26.0 Å². The van der Waals surface area contributed by atoms with Gasteiger partial charge in [-0.25, -0.2) is 9.59 Å². The fourth-order valence-electron chi connectivity index (χ4n) is 2.60. The van der Waals surface area contributed by atoms with Crippen LogP contribution in [-0.2, 0) is 14.3 Å². The molecule has 0 saturated heterocycles. The molecular formula is C17H18N2O4. The van der Waals surface area contributed by atoms with E-state index in [1.54, 1.807) is 38.2 Å². The number of aromatic nitrogens is 1. The number of rotatable bonds is 5. The van der Waals surface area contributed by atoms with Crippen LogP contribution in [0.1, 0.15) is 25.5 Å². The van der Waals surface area contributed by atoms with Crippen molar-refractivity contribution in [2.45, 2.75) is 19.8 Å². The summed E-state index contributed by atoms with van der Waals surface area (Å²) in [5, 5.41) is 12.5. The Labute approximate surface area is 134 Å². The molecule has 6 heteroatoms. The van der Waals surface area contributed by atoms with Crippen LogP contribution in [0.5, 0.6) is 0 Å². The summed E-state index contributed by atoms with van der Waals surface area (Å²) in [5.74, 6) is -2.48. The molecule has 1 aromatic heterocycles. The number of carbonyl (C=O) groups is 2. The van der Waals surface area contributed by atoms with Gasteiger partial charge >= 0.3 is 11.9 Å². The topological polar surface area (TPSA) is 88.5 Å². The Kier molecular flexibility index (Phi) is 4.95. The molecule has 0 radical (unpaired) electrons. The predicted molar refractivity (Wildman–Crippen MR) is 84.3 cm³/mol. The zero-order valence-electron chi connectivity index (χ0n) is 13.0. The van der Waals surface area contributed by atoms with E-state index in [9.17, 15) is 14.7 Å². The first-order valence-corrected chi connectivity index (χ1v) is 7.08. The Morgan fingerprint density at radius 1 is 1.35 bits per heavy atom. The molecule has 2 N–H and O–H groups in total. The predicted octanol–water partition coefficient (Wildman–Crippen LogP) is 2.13. The molecule has 120 valence electrons. The summed E-state index contributed by atoms with van der Waals surface area (Å²) in [6, 6.07) is 5.18. The van der Waals surface area contributed by atoms with Crippen molar-refractivity contribution in [1.82, 2.24) is 10.3 Å². The highest BCUT2D eigenvalue weighted by Gasteiger charge is 2.37. The molecule has 0 aliphatic carbocycles. The van der Waals surface area contributed by atoms with E-state index in [2.05, 4.69) is 16.9 Å². The maximum Gasteiger partial charge on any atom is 0.337 e. The number of nitrogens with zero attached hydrogens (tertiary/aromatic N) is 1. The molecule has 0 fully saturated rings. The van der Waals surface area contributed by atoms with Gasteiger partial charge in [-0.1, -0.05) is 18.7 Å². The summed E-state index contributed by atoms with van der Waals surface area (Å²) < 4.78 is 5.12. The molecule has 1 aliphatic rings. The third kappa shape index (κ3) is 3.31. The van der Waals surface area contributed by atoms with Crippen molar-refractivity contribution in [3.63, 3.8) is 0 Å². The van der Waals surface area contributed by atoms with E-state index in [0.29, 0.717) is 17.1 Å². The number of nitrogens with one attached hydrogen (secondary N) is 1. The number of pyridine rings is 1. The highest BCUT2D eigenvalue weighted by atomic mass is 16.5. The lowest BCUT2D eigenvalue weighted by molar-refractivity contribution is -0.138. The third-order valence-corrected chi connectivity index (χ3v) is 3.53. The molecule has 0 bridgehead atoms. The molecule has 0 aromatic carbocycles. The Bertz CT molecular complexity index is 705. The van der Waals surface area contributed by atoms with Crippen LogP contribution in [0.3, 0.4) is 0 Å². The number of aliphatic carboxylic acids is 1. The highest BCUT2D eigenvalue weighted by Crippen LogP contribution is 2.37. The second-order valence-corrected chi connectivity index (χ2v) is 5.08. The lowest BCUT2D eigenvalue weighted by atomic mass is 9.83. The van der Waals surface area contributed by atoms with Crippen LogP contribution in [0.4, 0.5) is 0 Å². The Hall–Kier alpha value is -2.89. The second-order valence-electron chi connectivity index (χ2n) is 5.08. The molecule has 23 heavy (non-hydrogen) atoms. The van der Waals surface area contributed by atoms with Gasteiger partial charge in [0.25, 0.3) is 0 Å². The van der Waals surface area contributed by atoms with Crippen molar-refractivity contribution in [2.75, 3.05) is 6.61 Å². The van der Waals surface area contributed by atoms with E-state index >= 15 is 0 Å². The first kappa shape index (κ1) is 16.5. The van der Waals surface area contributed by atoms with Gasteiger partial charge in [0, 0.05) is 17.6 Å². The molecular weight excluding hydrogens is 296 g/mol. The zero-order valence-corrected chi connectivity index (χ0v) is 13.0. The van der Waals surface area contributed by atoms with Crippen molar-refractivity contribution in [2.24, 2.45) is 0 Å². The van der Waals surface area contributed by atoms with Gasteiger partial charge in [0.15, 0.2) is 0 Å². The summed E-state index contributed by atoms with van der Waals surface area (Å²) in [6.45, 7) is 6.93. The smallest absolute Gasteiger partial charge is 0.337 e. The number of ether oxygens (including phenoxy) is 1. The first-order chi connectivity index (χ1) is 11.0. The summed E-state index contributed by atoms with van der Waals surface area (Å²) in [5.41, 5.74) is 1.84. The summed E-state index contributed by atoms with van der Waals surface area (Å²) in [6.07, 6.45) is 3.02. The average Bonchev–Trinajstić information content (AvgIpc) is 2.52. The second kappa shape index (κ2) is 6.91. The van der Waals surface area contributed by atoms with Crippen molar-refractivity contribution >= 4 is 11.9 Å². The number of carboxylic acid groups (broad SMARTS) is 1. The minimum Gasteiger partial charge on any atom is -0.478 e. The zero-order chi connectivity index (χ0) is 17.0. The summed E-state index contributed by atoms with van der Waals surface area (Å²) in [7, 11) is 0. The number of esters is 1. The van der Waals surface area contributed by atoms with Crippen LogP contribution < -0.4 is 5.32 Å². The van der Waals surface area contributed by atoms with Crippen LogP contribution in [0.25, 0.3) is 0 Å². The largest absolute Gasteiger partial charge is 0.478 e. The van der Waals surface area contributed by atoms with Crippen LogP contribution in [0.2, 0.25) is 0 Å². The van der Waals surface area contributed by atoms with Gasteiger partial charge in [0.2, 0.25) is 0 Å². The van der Waals surface area contributed by atoms with Crippen LogP contribution in [0.15, 0.2) is 59.6 Å². The van der Waals surface area contributed by atoms with Gasteiger partial charge in [-0.2, -0.15) is 0 Å². The SMILES string of the molecule is C=CCOC(=O)C1=C(C)NC(C)=C(C(=O)O)C1c1ccccn1. The molecule has 2 rings (SSSR count). The minimum absolute atomic E-state index is 0.0512. The molecule has 6 nitrogen and oxygen atoms in total. The number of allylic oxidation sites excluding steroid dienone is 2. The number of hydrogen-bond acceptors (Lipinski definition) is 5. The standard InChI is InChI=1S/C17H18N2O4/c1-4-9-23-17(22)14-11(3)19-10(2)13(16(20)21)15(14)12-7-5-6-8-18-12/h4-8,15,19H,1,9H2,2-3H3,(H,20,21). The van der Waals surface area contributed by atoms with E-state index in [0.717, 1.165) is 0 Å². The third-order valence-electron chi connectivity index (χ3n) is 3.53. The fraction of sp³-hybridized carbons (Fsp3) is 0.235. The number of hydrogen-bond donors (Lipinski definition) is 2. The van der Waals surface area contributed by atoms with Crippen LogP contribution in [0, 0.1) is 0 Å². The molecule has 1 aromatic rings. The molecule has 0 spiro atoms. The molecule has 0 saturated carbocycles. The Morgan fingerprint density at radius 3 is 2.61 bits per heavy atom. The molecule has 0 amide bonds. The normalized spacial score (nSPS) is 17.6. The maximum absolute atomic E-state index is 12.4. The fourth-order valence-corrected chi connectivity index (χ4v) is 2.60. The Morgan fingerprint density at radius 2 is 2.04 bits per heavy atom. The van der Waals surface area contributed by atoms with E-state index < -0.39 is 17.9 Å². The lowest BCUT2D eigenvalue weighted by Crippen LogP contribution is -2.32. The van der Waals surface area contributed by atoms with Crippen LogP contribution >= 0.6 is 0 Å². The number of carbonyl (C=O) groups excluding carboxylic acids is 1. The summed E-state index contributed by atoms with van der Waals surface area (Å²) in [4.78, 5) is 28.4. The number of carboxylic acids is 1. The van der Waals surface area contributed by atoms with Crippen molar-refractivity contribution in [3.05, 3.63) is 65.3 Å². The average molecular weight is 314 g/mol. The van der Waals surface area contributed by atoms with Gasteiger partial charge < -0.3 is 15.2 Å². The molecule has 1 aliphatic heterocycles. The van der Waals surface area contributed by atoms with Gasteiger partial charge in [0.1, 0.15) is 6.61 Å². The van der Waals surface area contributed by atoms with Gasteiger partial charge in [-0.3, -0.25) is 4.98 Å². The maximum atomic E-state index is 12.4. The van der Waals surface area contributed by atoms with Crippen LogP contribution in [-0.4, -0.2) is 28.6 Å². The Balaban J connectivity index is 2.57. The monoisotopic (exact) mass is 314 g/mol. The van der Waals surface area contributed by atoms with E-state index in [1.165, 1.54) is 6.08 Å². The van der Waals surface area contributed by atoms with E-state index in [1.807, 2.05) is 0 Å². The highest BCUT2D eigenvalue weighted by molar-refractivity contribution is 5.99. The van der Waals surface area contributed by atoms with E-state index in [-0.39, 0.29) is 17.8 Å². The van der Waals surface area contributed by atoms with E-state index in [4.69, 9.17) is 4.74 Å². The quantitative estimate of drug-likeness (QED) is 0.639. The van der Waals surface area contributed by atoms with Gasteiger partial charge in [-0.15, -0.1) is 0 Å². The van der Waals surface area contributed by atoms with Crippen molar-refractivity contribution in [1.29, 1.82) is 0 Å². The first-order valence-electron chi connectivity index (χ1n) is 7.08. The molecule has 2 heterocycles. The van der Waals surface area contributed by atoms with Crippen molar-refractivity contribution < 1.29 is 19.4 Å². The molecule has 1 atom stereocenters. The summed E-state index contributed by atoms with van der Waals surface area (Å²) >= 11 is 0. The lowest BCUT2D eigenvalue weighted by Gasteiger charge is -2.28. The van der Waals surface area contributed by atoms with Gasteiger partial charge in [0.05, 0.1) is 22.8 Å². The minimum atomic E-state index is -1.10. The van der Waals surface area contributed by atoms with Crippen molar-refractivity contribution in [3.8, 4) is 0 Å². The molecule has 1 unspecified atom stereocenters. The number of dihydropyridines is 1.